The highest BCUT2D eigenvalue weighted by Gasteiger charge is 2.25. The summed E-state index contributed by atoms with van der Waals surface area (Å²) >= 11 is 6.10. The molecule has 1 amide bonds. The van der Waals surface area contributed by atoms with Crippen LogP contribution in [0.1, 0.15) is 37.8 Å². The molecule has 2 heterocycles. The van der Waals surface area contributed by atoms with Crippen molar-refractivity contribution in [2.45, 2.75) is 13.8 Å². The Balaban J connectivity index is 1.59. The van der Waals surface area contributed by atoms with Gasteiger partial charge in [0.15, 0.2) is 16.9 Å². The first kappa shape index (κ1) is 22.6. The van der Waals surface area contributed by atoms with Crippen molar-refractivity contribution in [3.8, 4) is 0 Å². The van der Waals surface area contributed by atoms with Crippen molar-refractivity contribution in [1.29, 1.82) is 0 Å². The zero-order valence-corrected chi connectivity index (χ0v) is 19.3. The Kier molecular flexibility index (Phi) is 5.49. The fraction of sp³-hybridized carbons (Fsp3) is 0.0741. The number of halogens is 2. The van der Waals surface area contributed by atoms with Gasteiger partial charge in [-0.3, -0.25) is 14.4 Å². The molecule has 0 radical (unpaired) electrons. The van der Waals surface area contributed by atoms with Crippen LogP contribution in [0.3, 0.4) is 0 Å². The van der Waals surface area contributed by atoms with Crippen molar-refractivity contribution >= 4 is 50.9 Å². The van der Waals surface area contributed by atoms with E-state index in [4.69, 9.17) is 20.4 Å². The van der Waals surface area contributed by atoms with E-state index in [0.29, 0.717) is 27.1 Å². The number of carbonyl (C=O) groups is 2. The highest BCUT2D eigenvalue weighted by molar-refractivity contribution is 6.32. The lowest BCUT2D eigenvalue weighted by Gasteiger charge is -2.08. The molecule has 0 aliphatic rings. The number of furan rings is 1. The standard InChI is InChI=1S/C27H17ClFNO5/c1-13-7-8-15(10-19(13)29)25(32)26-24(16-5-3-4-6-21(16)35-26)30-27(33)23-12-20(31)17-11-18(28)14(2)9-22(17)34-23/h3-12H,1-2H3,(H,30,33). The minimum absolute atomic E-state index is 0.0623. The second-order valence-electron chi connectivity index (χ2n) is 8.12. The highest BCUT2D eigenvalue weighted by atomic mass is 35.5. The number of ketones is 1. The number of anilines is 1. The molecule has 0 bridgehead atoms. The predicted molar refractivity (Wildman–Crippen MR) is 131 cm³/mol. The van der Waals surface area contributed by atoms with Gasteiger partial charge >= 0.3 is 0 Å². The molecule has 0 spiro atoms. The van der Waals surface area contributed by atoms with E-state index < -0.39 is 22.9 Å². The van der Waals surface area contributed by atoms with E-state index in [9.17, 15) is 18.8 Å². The summed E-state index contributed by atoms with van der Waals surface area (Å²) in [7, 11) is 0. The minimum Gasteiger partial charge on any atom is -0.451 e. The van der Waals surface area contributed by atoms with Gasteiger partial charge in [0.25, 0.3) is 5.91 Å². The molecular formula is C27H17ClFNO5. The Morgan fingerprint density at radius 3 is 2.43 bits per heavy atom. The second kappa shape index (κ2) is 8.52. The van der Waals surface area contributed by atoms with E-state index in [-0.39, 0.29) is 33.7 Å². The third kappa shape index (κ3) is 4.00. The van der Waals surface area contributed by atoms with E-state index in [0.717, 1.165) is 12.1 Å². The summed E-state index contributed by atoms with van der Waals surface area (Å²) in [5.41, 5.74) is 1.33. The molecule has 0 unspecified atom stereocenters. The van der Waals surface area contributed by atoms with Gasteiger partial charge in [-0.15, -0.1) is 0 Å². The lowest BCUT2D eigenvalue weighted by atomic mass is 10.0. The largest absolute Gasteiger partial charge is 0.451 e. The van der Waals surface area contributed by atoms with E-state index >= 15 is 0 Å². The summed E-state index contributed by atoms with van der Waals surface area (Å²) < 4.78 is 25.5. The topological polar surface area (TPSA) is 89.5 Å². The number of fused-ring (bicyclic) bond motifs is 2. The zero-order valence-electron chi connectivity index (χ0n) is 18.6. The normalized spacial score (nSPS) is 11.2. The molecule has 174 valence electrons. The second-order valence-corrected chi connectivity index (χ2v) is 8.53. The Labute approximate surface area is 202 Å². The summed E-state index contributed by atoms with van der Waals surface area (Å²) in [4.78, 5) is 38.9. The van der Waals surface area contributed by atoms with Crippen LogP contribution in [0.4, 0.5) is 10.1 Å². The first-order valence-electron chi connectivity index (χ1n) is 10.6. The number of carbonyl (C=O) groups excluding carboxylic acids is 2. The van der Waals surface area contributed by atoms with E-state index in [2.05, 4.69) is 5.32 Å². The molecule has 2 aromatic heterocycles. The molecule has 6 nitrogen and oxygen atoms in total. The van der Waals surface area contributed by atoms with E-state index in [1.807, 2.05) is 0 Å². The first-order valence-corrected chi connectivity index (χ1v) is 11.0. The average molecular weight is 490 g/mol. The van der Waals surface area contributed by atoms with Crippen molar-refractivity contribution in [1.82, 2.24) is 0 Å². The molecule has 35 heavy (non-hydrogen) atoms. The van der Waals surface area contributed by atoms with Crippen LogP contribution in [-0.4, -0.2) is 11.7 Å². The van der Waals surface area contributed by atoms with Gasteiger partial charge in [-0.1, -0.05) is 35.9 Å². The van der Waals surface area contributed by atoms with Crippen LogP contribution in [0.2, 0.25) is 5.02 Å². The van der Waals surface area contributed by atoms with Crippen LogP contribution in [-0.2, 0) is 0 Å². The number of hydrogen-bond acceptors (Lipinski definition) is 5. The molecule has 0 atom stereocenters. The molecule has 0 saturated carbocycles. The van der Waals surface area contributed by atoms with Crippen LogP contribution in [0.25, 0.3) is 21.9 Å². The van der Waals surface area contributed by atoms with E-state index in [1.165, 1.54) is 18.2 Å². The number of aryl methyl sites for hydroxylation is 2. The predicted octanol–water partition coefficient (Wildman–Crippen LogP) is 6.43. The van der Waals surface area contributed by atoms with Gasteiger partial charge in [0.05, 0.1) is 11.1 Å². The molecule has 0 aliphatic carbocycles. The van der Waals surface area contributed by atoms with Crippen molar-refractivity contribution in [3.05, 3.63) is 110 Å². The van der Waals surface area contributed by atoms with Crippen molar-refractivity contribution < 1.29 is 22.8 Å². The summed E-state index contributed by atoms with van der Waals surface area (Å²) in [5.74, 6) is -2.33. The Hall–Kier alpha value is -4.23. The lowest BCUT2D eigenvalue weighted by Crippen LogP contribution is -2.16. The SMILES string of the molecule is Cc1ccc(C(=O)c2oc3ccccc3c2NC(=O)c2cc(=O)c3cc(Cl)c(C)cc3o2)cc1F. The summed E-state index contributed by atoms with van der Waals surface area (Å²) in [6.07, 6.45) is 0. The van der Waals surface area contributed by atoms with Gasteiger partial charge in [-0.05, 0) is 55.3 Å². The average Bonchev–Trinajstić information content (AvgIpc) is 3.20. The minimum atomic E-state index is -0.757. The molecule has 5 rings (SSSR count). The van der Waals surface area contributed by atoms with Crippen LogP contribution < -0.4 is 10.7 Å². The molecule has 0 fully saturated rings. The van der Waals surface area contributed by atoms with Crippen molar-refractivity contribution in [2.24, 2.45) is 0 Å². The third-order valence-corrected chi connectivity index (χ3v) is 6.11. The maximum Gasteiger partial charge on any atom is 0.291 e. The van der Waals surface area contributed by atoms with Gasteiger partial charge in [0.2, 0.25) is 5.78 Å². The van der Waals surface area contributed by atoms with Gasteiger partial charge < -0.3 is 14.2 Å². The fourth-order valence-corrected chi connectivity index (χ4v) is 3.92. The van der Waals surface area contributed by atoms with Crippen molar-refractivity contribution in [3.63, 3.8) is 0 Å². The zero-order chi connectivity index (χ0) is 24.9. The monoisotopic (exact) mass is 489 g/mol. The van der Waals surface area contributed by atoms with Crippen molar-refractivity contribution in [2.75, 3.05) is 5.32 Å². The van der Waals surface area contributed by atoms with E-state index in [1.54, 1.807) is 44.2 Å². The number of hydrogen-bond donors (Lipinski definition) is 1. The van der Waals surface area contributed by atoms with Crippen LogP contribution in [0.5, 0.6) is 0 Å². The van der Waals surface area contributed by atoms with Crippen LogP contribution >= 0.6 is 11.6 Å². The first-order chi connectivity index (χ1) is 16.7. The Morgan fingerprint density at radius 2 is 1.66 bits per heavy atom. The summed E-state index contributed by atoms with van der Waals surface area (Å²) in [5, 5.41) is 3.74. The molecule has 0 saturated heterocycles. The molecular weight excluding hydrogens is 473 g/mol. The highest BCUT2D eigenvalue weighted by Crippen LogP contribution is 2.33. The Bertz CT molecular complexity index is 1730. The number of benzene rings is 3. The quantitative estimate of drug-likeness (QED) is 0.294. The van der Waals surface area contributed by atoms with Gasteiger partial charge in [-0.2, -0.15) is 0 Å². The molecule has 1 N–H and O–H groups in total. The summed E-state index contributed by atoms with van der Waals surface area (Å²) in [6.45, 7) is 3.33. The number of nitrogens with one attached hydrogen (secondary N) is 1. The Morgan fingerprint density at radius 1 is 0.886 bits per heavy atom. The van der Waals surface area contributed by atoms with Gasteiger partial charge in [-0.25, -0.2) is 4.39 Å². The maximum absolute atomic E-state index is 14.1. The van der Waals surface area contributed by atoms with Crippen LogP contribution in [0.15, 0.2) is 74.3 Å². The third-order valence-electron chi connectivity index (χ3n) is 5.71. The van der Waals surface area contributed by atoms with Crippen LogP contribution in [0, 0.1) is 19.7 Å². The molecule has 0 aliphatic heterocycles. The number of rotatable bonds is 4. The smallest absolute Gasteiger partial charge is 0.291 e. The molecule has 8 heteroatoms. The summed E-state index contributed by atoms with van der Waals surface area (Å²) in [6, 6.07) is 14.9. The van der Waals surface area contributed by atoms with Gasteiger partial charge in [0, 0.05) is 22.0 Å². The number of amides is 1. The lowest BCUT2D eigenvalue weighted by molar-refractivity contribution is 0.0997. The molecule has 5 aromatic rings. The molecule has 3 aromatic carbocycles. The fourth-order valence-electron chi connectivity index (χ4n) is 3.76. The van der Waals surface area contributed by atoms with Gasteiger partial charge in [0.1, 0.15) is 17.0 Å². The maximum atomic E-state index is 14.1. The number of para-hydroxylation sites is 1.